The van der Waals surface area contributed by atoms with Crippen LogP contribution in [-0.4, -0.2) is 42.4 Å². The van der Waals surface area contributed by atoms with Crippen LogP contribution in [0.3, 0.4) is 0 Å². The number of aliphatic imine (C=N–C) groups is 1. The molecule has 3 rings (SSSR count). The number of carbonyl (C=O) groups excluding carboxylic acids is 2. The monoisotopic (exact) mass is 658 g/mol. The minimum atomic E-state index is -4.06. The van der Waals surface area contributed by atoms with E-state index < -0.39 is 24.8 Å². The maximum atomic E-state index is 13.6. The molecule has 246 valence electrons. The van der Waals surface area contributed by atoms with Crippen molar-refractivity contribution >= 4 is 40.6 Å². The number of hydrogen-bond donors (Lipinski definition) is 3. The van der Waals surface area contributed by atoms with Crippen molar-refractivity contribution in [2.24, 2.45) is 10.7 Å². The van der Waals surface area contributed by atoms with E-state index in [0.717, 1.165) is 23.3 Å². The molecule has 46 heavy (non-hydrogen) atoms. The fourth-order valence-electron chi connectivity index (χ4n) is 4.22. The summed E-state index contributed by atoms with van der Waals surface area (Å²) >= 11 is 5.82. The summed E-state index contributed by atoms with van der Waals surface area (Å²) in [5, 5.41) is 4.99. The van der Waals surface area contributed by atoms with Crippen molar-refractivity contribution in [3.05, 3.63) is 108 Å². The standard InChI is InChI=1S/C24H26ClF4N.C9H11N3O2.C2H2/c1-2-14-30-22(12-7-13-25)21(16-18-8-4-3-5-9-18)20-11-6-10-19(15-20)17-24(28,29)23(26)27;1-6(13)11-7-3-2-4-8(5-7)12-9(10)14;1-2/h3-12,15,21,23H,2,13-14,16-17H2,1H3;2-5H,1H3,(H,11,13)(H3,10,12,14);1-2H/b12-7-,30-22?;;. The van der Waals surface area contributed by atoms with Gasteiger partial charge in [0.15, 0.2) is 0 Å². The van der Waals surface area contributed by atoms with Crippen molar-refractivity contribution in [2.75, 3.05) is 23.1 Å². The second-order valence-electron chi connectivity index (χ2n) is 9.84. The number of primary amides is 1. The Morgan fingerprint density at radius 2 is 1.57 bits per heavy atom. The number of alkyl halides is 5. The first kappa shape index (κ1) is 39.4. The van der Waals surface area contributed by atoms with Crippen LogP contribution >= 0.6 is 11.6 Å². The number of carbonyl (C=O) groups is 2. The zero-order chi connectivity index (χ0) is 34.5. The second kappa shape index (κ2) is 21.2. The van der Waals surface area contributed by atoms with Crippen LogP contribution in [0.5, 0.6) is 0 Å². The van der Waals surface area contributed by atoms with E-state index in [0.29, 0.717) is 30.2 Å². The number of benzene rings is 3. The summed E-state index contributed by atoms with van der Waals surface area (Å²) in [6, 6.07) is 22.3. The Labute approximate surface area is 273 Å². The number of anilines is 2. The van der Waals surface area contributed by atoms with Crippen LogP contribution in [0.2, 0.25) is 0 Å². The SMILES string of the molecule is C#C.CC(=O)Nc1cccc(NC(N)=O)c1.CCCN=C(/C=C\CCl)C(Cc1ccccc1)c1cccc(CC(F)(F)C(F)F)c1. The number of hydrogen-bond acceptors (Lipinski definition) is 3. The molecule has 1 atom stereocenters. The van der Waals surface area contributed by atoms with Crippen LogP contribution in [0.25, 0.3) is 0 Å². The van der Waals surface area contributed by atoms with Gasteiger partial charge in [0.1, 0.15) is 0 Å². The highest BCUT2D eigenvalue weighted by atomic mass is 35.5. The number of nitrogens with two attached hydrogens (primary N) is 1. The molecule has 6 nitrogen and oxygen atoms in total. The molecule has 3 amide bonds. The van der Waals surface area contributed by atoms with Crippen LogP contribution in [0, 0.1) is 12.8 Å². The van der Waals surface area contributed by atoms with Gasteiger partial charge in [-0.05, 0) is 53.8 Å². The molecule has 0 fully saturated rings. The first-order valence-electron chi connectivity index (χ1n) is 14.3. The van der Waals surface area contributed by atoms with E-state index in [1.165, 1.54) is 13.0 Å². The van der Waals surface area contributed by atoms with Crippen LogP contribution in [0.4, 0.5) is 33.7 Å². The molecule has 4 N–H and O–H groups in total. The summed E-state index contributed by atoms with van der Waals surface area (Å²) in [5.41, 5.74) is 8.89. The minimum absolute atomic E-state index is 0.166. The van der Waals surface area contributed by atoms with Gasteiger partial charge >= 0.3 is 18.4 Å². The van der Waals surface area contributed by atoms with Crippen LogP contribution in [0.1, 0.15) is 42.9 Å². The smallest absolute Gasteiger partial charge is 0.316 e. The average Bonchev–Trinajstić information content (AvgIpc) is 3.01. The highest BCUT2D eigenvalue weighted by molar-refractivity contribution is 6.19. The van der Waals surface area contributed by atoms with Crippen molar-refractivity contribution in [3.8, 4) is 12.8 Å². The lowest BCUT2D eigenvalue weighted by molar-refractivity contribution is -0.127. The van der Waals surface area contributed by atoms with Gasteiger partial charge in [0.25, 0.3) is 0 Å². The summed E-state index contributed by atoms with van der Waals surface area (Å²) in [4.78, 5) is 25.9. The number of allylic oxidation sites excluding steroid dienone is 2. The van der Waals surface area contributed by atoms with Gasteiger partial charge in [-0.25, -0.2) is 13.6 Å². The maximum Gasteiger partial charge on any atom is 0.316 e. The third-order valence-corrected chi connectivity index (χ3v) is 6.28. The quantitative estimate of drug-likeness (QED) is 0.0743. The van der Waals surface area contributed by atoms with E-state index in [-0.39, 0.29) is 17.4 Å². The summed E-state index contributed by atoms with van der Waals surface area (Å²) in [6.07, 6.45) is 8.41. The summed E-state index contributed by atoms with van der Waals surface area (Å²) in [7, 11) is 0. The fraction of sp³-hybridized carbons (Fsp3) is 0.286. The van der Waals surface area contributed by atoms with Crippen molar-refractivity contribution in [2.45, 2.75) is 51.4 Å². The summed E-state index contributed by atoms with van der Waals surface area (Å²) in [5.74, 6) is -4.12. The summed E-state index contributed by atoms with van der Waals surface area (Å²) in [6.45, 7) is 4.05. The second-order valence-corrected chi connectivity index (χ2v) is 10.1. The lowest BCUT2D eigenvalue weighted by Gasteiger charge is -2.21. The van der Waals surface area contributed by atoms with E-state index in [9.17, 15) is 27.2 Å². The van der Waals surface area contributed by atoms with Gasteiger partial charge in [-0.3, -0.25) is 9.79 Å². The molecule has 1 unspecified atom stereocenters. The molecular weight excluding hydrogens is 620 g/mol. The molecule has 0 aliphatic heterocycles. The van der Waals surface area contributed by atoms with E-state index in [1.807, 2.05) is 49.4 Å². The van der Waals surface area contributed by atoms with Crippen molar-refractivity contribution in [3.63, 3.8) is 0 Å². The molecule has 0 spiro atoms. The molecule has 0 radical (unpaired) electrons. The lowest BCUT2D eigenvalue weighted by Crippen LogP contribution is -2.29. The number of terminal acetylenes is 1. The molecule has 0 saturated carbocycles. The highest BCUT2D eigenvalue weighted by Crippen LogP contribution is 2.30. The maximum absolute atomic E-state index is 13.6. The lowest BCUT2D eigenvalue weighted by atomic mass is 9.86. The van der Waals surface area contributed by atoms with Gasteiger partial charge < -0.3 is 16.4 Å². The number of amides is 3. The molecule has 0 saturated heterocycles. The normalized spacial score (nSPS) is 11.9. The van der Waals surface area contributed by atoms with Gasteiger partial charge in [-0.2, -0.15) is 8.78 Å². The van der Waals surface area contributed by atoms with Gasteiger partial charge in [0.05, 0.1) is 0 Å². The molecular formula is C35H39ClF4N4O2. The molecule has 3 aromatic rings. The van der Waals surface area contributed by atoms with Gasteiger partial charge in [0, 0.05) is 48.8 Å². The fourth-order valence-corrected chi connectivity index (χ4v) is 4.31. The Balaban J connectivity index is 0.000000551. The Kier molecular flexibility index (Phi) is 18.1. The van der Waals surface area contributed by atoms with Gasteiger partial charge in [-0.1, -0.05) is 73.7 Å². The first-order chi connectivity index (χ1) is 21.9. The number of nitrogens with one attached hydrogen (secondary N) is 2. The van der Waals surface area contributed by atoms with Crippen LogP contribution in [0.15, 0.2) is 96.0 Å². The van der Waals surface area contributed by atoms with E-state index >= 15 is 0 Å². The topological polar surface area (TPSA) is 96.6 Å². The van der Waals surface area contributed by atoms with E-state index in [1.54, 1.807) is 42.5 Å². The molecule has 0 aliphatic rings. The zero-order valence-corrected chi connectivity index (χ0v) is 26.5. The van der Waals surface area contributed by atoms with Crippen molar-refractivity contribution < 1.29 is 27.2 Å². The molecule has 11 heteroatoms. The number of nitrogens with zero attached hydrogens (tertiary/aromatic N) is 1. The molecule has 0 bridgehead atoms. The third-order valence-electron chi connectivity index (χ3n) is 6.10. The minimum Gasteiger partial charge on any atom is -0.351 e. The first-order valence-corrected chi connectivity index (χ1v) is 14.8. The number of urea groups is 1. The molecule has 0 heterocycles. The molecule has 0 aliphatic carbocycles. The number of halogens is 5. The third kappa shape index (κ3) is 14.9. The zero-order valence-electron chi connectivity index (χ0n) is 25.7. The van der Waals surface area contributed by atoms with E-state index in [4.69, 9.17) is 17.3 Å². The van der Waals surface area contributed by atoms with Crippen LogP contribution < -0.4 is 16.4 Å². The molecule has 3 aromatic carbocycles. The predicted octanol–water partition coefficient (Wildman–Crippen LogP) is 8.49. The van der Waals surface area contributed by atoms with Crippen molar-refractivity contribution in [1.82, 2.24) is 0 Å². The Bertz CT molecular complexity index is 1420. The van der Waals surface area contributed by atoms with E-state index in [2.05, 4.69) is 28.5 Å². The Morgan fingerprint density at radius 3 is 2.13 bits per heavy atom. The van der Waals surface area contributed by atoms with Crippen LogP contribution in [-0.2, 0) is 17.6 Å². The highest BCUT2D eigenvalue weighted by Gasteiger charge is 2.40. The average molecular weight is 659 g/mol. The van der Waals surface area contributed by atoms with Crippen molar-refractivity contribution in [1.29, 1.82) is 0 Å². The Hall–Kier alpha value is -4.62. The largest absolute Gasteiger partial charge is 0.351 e. The predicted molar refractivity (Wildman–Crippen MR) is 180 cm³/mol. The molecule has 0 aromatic heterocycles. The number of rotatable bonds is 13. The summed E-state index contributed by atoms with van der Waals surface area (Å²) < 4.78 is 52.5. The Morgan fingerprint density at radius 1 is 0.957 bits per heavy atom. The van der Waals surface area contributed by atoms with Gasteiger partial charge in [-0.15, -0.1) is 24.4 Å². The van der Waals surface area contributed by atoms with Gasteiger partial charge in [0.2, 0.25) is 5.91 Å².